The van der Waals surface area contributed by atoms with Crippen LogP contribution in [0.5, 0.6) is 0 Å². The highest BCUT2D eigenvalue weighted by molar-refractivity contribution is 6.07. The lowest BCUT2D eigenvalue weighted by atomic mass is 10.4. The van der Waals surface area contributed by atoms with Gasteiger partial charge in [-0.25, -0.2) is 0 Å². The summed E-state index contributed by atoms with van der Waals surface area (Å²) in [6, 6.07) is 0. The molecule has 3 saturated heterocycles. The Labute approximate surface area is 192 Å². The average Bonchev–Trinajstić information content (AvgIpc) is 3.29. The number of rotatable bonds is 3. The first-order valence-corrected chi connectivity index (χ1v) is 9.57. The molecule has 3 rings (SSSR count). The van der Waals surface area contributed by atoms with Crippen molar-refractivity contribution >= 4 is 53.4 Å². The van der Waals surface area contributed by atoms with Crippen LogP contribution in [0.3, 0.4) is 0 Å². The smallest absolute Gasteiger partial charge is 0.300 e. The monoisotopic (exact) mass is 488 g/mol. The second-order valence-corrected chi connectivity index (χ2v) is 6.62. The minimum Gasteiger partial charge on any atom is -0.481 e. The molecule has 0 aromatic heterocycles. The topological polar surface area (TPSA) is 227 Å². The summed E-state index contributed by atoms with van der Waals surface area (Å²) in [7, 11) is 0. The van der Waals surface area contributed by atoms with Crippen molar-refractivity contribution in [2.75, 3.05) is 0 Å². The number of imide groups is 3. The van der Waals surface area contributed by atoms with Gasteiger partial charge in [-0.05, 0) is 5.23 Å². The Morgan fingerprint density at radius 2 is 0.618 bits per heavy atom. The van der Waals surface area contributed by atoms with Crippen molar-refractivity contribution < 1.29 is 58.5 Å². The van der Waals surface area contributed by atoms with Gasteiger partial charge in [0, 0.05) is 59.3 Å². The van der Waals surface area contributed by atoms with Gasteiger partial charge in [0.1, 0.15) is 0 Å². The second-order valence-electron chi connectivity index (χ2n) is 6.62. The molecule has 0 aromatic carbocycles. The van der Waals surface area contributed by atoms with E-state index in [2.05, 4.69) is 0 Å². The molecule has 188 valence electrons. The molecule has 16 nitrogen and oxygen atoms in total. The van der Waals surface area contributed by atoms with E-state index in [0.29, 0.717) is 20.3 Å². The van der Waals surface area contributed by atoms with Crippen molar-refractivity contribution in [3.05, 3.63) is 0 Å². The van der Waals surface area contributed by atoms with Crippen LogP contribution in [0.4, 0.5) is 0 Å². The molecule has 0 atom stereocenters. The molecule has 0 radical (unpaired) electrons. The summed E-state index contributed by atoms with van der Waals surface area (Å²) in [5.41, 5.74) is 0. The van der Waals surface area contributed by atoms with Crippen molar-refractivity contribution in [1.29, 1.82) is 0 Å². The third kappa shape index (κ3) is 9.11. The molecule has 0 saturated carbocycles. The van der Waals surface area contributed by atoms with E-state index in [-0.39, 0.29) is 38.5 Å². The zero-order chi connectivity index (χ0) is 26.7. The largest absolute Gasteiger partial charge is 0.481 e. The highest BCUT2D eigenvalue weighted by atomic mass is 16.4. The maximum Gasteiger partial charge on any atom is 0.300 e. The Morgan fingerprint density at radius 3 is 0.735 bits per heavy atom. The van der Waals surface area contributed by atoms with E-state index >= 15 is 0 Å². The molecule has 34 heavy (non-hydrogen) atoms. The van der Waals surface area contributed by atoms with Crippen LogP contribution >= 0.6 is 0 Å². The maximum absolute atomic E-state index is 11.9. The number of hydrogen-bond acceptors (Lipinski definition) is 10. The van der Waals surface area contributed by atoms with Crippen molar-refractivity contribution in [1.82, 2.24) is 20.3 Å². The molecule has 3 aliphatic rings. The average molecular weight is 488 g/mol. The third-order valence-electron chi connectivity index (χ3n) is 3.61. The van der Waals surface area contributed by atoms with E-state index in [4.69, 9.17) is 29.7 Å². The van der Waals surface area contributed by atoms with E-state index in [0.717, 1.165) is 20.8 Å². The Kier molecular flexibility index (Phi) is 11.7. The predicted molar refractivity (Wildman–Crippen MR) is 105 cm³/mol. The molecule has 0 aromatic rings. The van der Waals surface area contributed by atoms with Gasteiger partial charge in [-0.1, -0.05) is 0 Å². The van der Waals surface area contributed by atoms with Gasteiger partial charge in [0.05, 0.1) is 0 Å². The van der Waals surface area contributed by atoms with Gasteiger partial charge in [0.15, 0.2) is 0 Å². The number of aliphatic carboxylic acids is 3. The Balaban J connectivity index is 0.000000759. The molecule has 3 N–H and O–H groups in total. The fourth-order valence-electron chi connectivity index (χ4n) is 2.56. The van der Waals surface area contributed by atoms with Gasteiger partial charge in [-0.3, -0.25) is 43.2 Å². The van der Waals surface area contributed by atoms with Crippen LogP contribution in [0.15, 0.2) is 0 Å². The number of carbonyl (C=O) groups excluding carboxylic acids is 6. The third-order valence-corrected chi connectivity index (χ3v) is 3.61. The Bertz CT molecular complexity index is 725. The van der Waals surface area contributed by atoms with Gasteiger partial charge >= 0.3 is 0 Å². The van der Waals surface area contributed by atoms with E-state index < -0.39 is 53.4 Å². The highest BCUT2D eigenvalue weighted by Gasteiger charge is 2.50. The van der Waals surface area contributed by atoms with Gasteiger partial charge in [0.25, 0.3) is 17.9 Å². The number of hydrogen-bond donors (Lipinski definition) is 3. The molecule has 16 heteroatoms. The number of carboxylic acids is 3. The summed E-state index contributed by atoms with van der Waals surface area (Å²) in [5, 5.41) is 24.4. The summed E-state index contributed by atoms with van der Waals surface area (Å²) in [5.74, 6) is -6.56. The van der Waals surface area contributed by atoms with Crippen molar-refractivity contribution in [3.63, 3.8) is 0 Å². The van der Waals surface area contributed by atoms with E-state index in [1.807, 2.05) is 0 Å². The zero-order valence-electron chi connectivity index (χ0n) is 18.5. The number of carbonyl (C=O) groups is 9. The molecule has 3 fully saturated rings. The van der Waals surface area contributed by atoms with Crippen LogP contribution in [0.2, 0.25) is 0 Å². The minimum absolute atomic E-state index is 0.109. The number of carboxylic acid groups (broad SMARTS) is 3. The lowest BCUT2D eigenvalue weighted by molar-refractivity contribution is -0.251. The quantitative estimate of drug-likeness (QED) is 0.395. The lowest BCUT2D eigenvalue weighted by Crippen LogP contribution is -2.65. The molecule has 0 aliphatic carbocycles. The number of nitrogens with zero attached hydrogens (tertiary/aromatic N) is 4. The normalized spacial score (nSPS) is 17.1. The second kappa shape index (κ2) is 13.4. The minimum atomic E-state index is -0.833. The van der Waals surface area contributed by atoms with E-state index in [1.165, 1.54) is 0 Å². The highest BCUT2D eigenvalue weighted by Crippen LogP contribution is 2.27. The fraction of sp³-hybridized carbons (Fsp3) is 0.500. The van der Waals surface area contributed by atoms with Gasteiger partial charge in [-0.15, -0.1) is 0 Å². The molecule has 0 unspecified atom stereocenters. The predicted octanol–water partition coefficient (Wildman–Crippen LogP) is -1.25. The maximum atomic E-state index is 11.9. The van der Waals surface area contributed by atoms with Crippen molar-refractivity contribution in [2.24, 2.45) is 0 Å². The molecule has 3 aliphatic heterocycles. The number of amides is 6. The first-order chi connectivity index (χ1) is 15.6. The van der Waals surface area contributed by atoms with E-state index in [9.17, 15) is 28.8 Å². The first kappa shape index (κ1) is 29.8. The number of hydrazine groups is 3. The summed E-state index contributed by atoms with van der Waals surface area (Å²) in [4.78, 5) is 98.6. The summed E-state index contributed by atoms with van der Waals surface area (Å²) in [6.07, 6.45) is -0.656. The Hall–Kier alpha value is -4.21. The van der Waals surface area contributed by atoms with Crippen molar-refractivity contribution in [2.45, 2.75) is 59.3 Å². The molecular formula is C18H24N4O12. The standard InChI is InChI=1S/C12H12N4O6.3C2H4O2/c17-7-1-2-8(18)13(7)16(14-9(19)3-4-10(14)20)15-11(21)5-6-12(15)22;3*1-2(3)4/h1-6H2;3*1H3,(H,3,4). The summed E-state index contributed by atoms with van der Waals surface area (Å²) < 4.78 is 0. The molecule has 6 amide bonds. The van der Waals surface area contributed by atoms with Crippen LogP contribution in [0.25, 0.3) is 0 Å². The Morgan fingerprint density at radius 1 is 0.500 bits per heavy atom. The zero-order valence-corrected chi connectivity index (χ0v) is 18.5. The van der Waals surface area contributed by atoms with Crippen LogP contribution in [0.1, 0.15) is 59.3 Å². The summed E-state index contributed by atoms with van der Waals surface area (Å²) >= 11 is 0. The van der Waals surface area contributed by atoms with E-state index in [1.54, 1.807) is 0 Å². The molecular weight excluding hydrogens is 464 g/mol. The van der Waals surface area contributed by atoms with Gasteiger partial charge in [-0.2, -0.15) is 15.0 Å². The lowest BCUT2D eigenvalue weighted by Gasteiger charge is -2.38. The van der Waals surface area contributed by atoms with Gasteiger partial charge < -0.3 is 15.3 Å². The molecule has 3 heterocycles. The molecule has 0 bridgehead atoms. The van der Waals surface area contributed by atoms with Gasteiger partial charge in [0.2, 0.25) is 35.4 Å². The van der Waals surface area contributed by atoms with Crippen LogP contribution < -0.4 is 0 Å². The van der Waals surface area contributed by atoms with Crippen molar-refractivity contribution in [3.8, 4) is 0 Å². The van der Waals surface area contributed by atoms with Crippen LogP contribution in [0, 0.1) is 0 Å². The van der Waals surface area contributed by atoms with Crippen LogP contribution in [-0.2, 0) is 43.2 Å². The fourth-order valence-corrected chi connectivity index (χ4v) is 2.56. The first-order valence-electron chi connectivity index (χ1n) is 9.57. The summed E-state index contributed by atoms with van der Waals surface area (Å²) in [6.45, 7) is 3.25. The van der Waals surface area contributed by atoms with Crippen LogP contribution in [-0.4, -0.2) is 88.9 Å². The SMILES string of the molecule is CC(=O)O.CC(=O)O.CC(=O)O.O=C1CCC(=O)N1N(N1C(=O)CCC1=O)N1C(=O)CCC1=O. The molecule has 0 spiro atoms.